The summed E-state index contributed by atoms with van der Waals surface area (Å²) in [6.45, 7) is 5.67. The number of amides is 1. The number of pyridine rings is 1. The van der Waals surface area contributed by atoms with E-state index in [-0.39, 0.29) is 22.2 Å². The van der Waals surface area contributed by atoms with Crippen molar-refractivity contribution in [2.45, 2.75) is 11.4 Å². The van der Waals surface area contributed by atoms with Crippen LogP contribution in [0.15, 0.2) is 107 Å². The number of halogens is 2. The summed E-state index contributed by atoms with van der Waals surface area (Å²) in [6, 6.07) is 23.2. The number of rotatable bonds is 11. The van der Waals surface area contributed by atoms with E-state index in [1.165, 1.54) is 42.5 Å². The van der Waals surface area contributed by atoms with Crippen molar-refractivity contribution in [1.29, 1.82) is 0 Å². The Bertz CT molecular complexity index is 1620. The molecule has 0 atom stereocenters. The van der Waals surface area contributed by atoms with Crippen molar-refractivity contribution in [3.8, 4) is 5.75 Å². The maximum Gasteiger partial charge on any atom is 0.295 e. The lowest BCUT2D eigenvalue weighted by Crippen LogP contribution is -2.48. The molecule has 3 aromatic carbocycles. The number of sulfonamides is 1. The van der Waals surface area contributed by atoms with Gasteiger partial charge in [-0.3, -0.25) is 19.6 Å². The van der Waals surface area contributed by atoms with Gasteiger partial charge in [-0.2, -0.15) is 8.42 Å². The molecule has 0 radical (unpaired) electrons. The maximum atomic E-state index is 14.0. The van der Waals surface area contributed by atoms with Crippen molar-refractivity contribution in [3.63, 3.8) is 0 Å². The smallest absolute Gasteiger partial charge is 0.295 e. The Morgan fingerprint density at radius 1 is 0.930 bits per heavy atom. The molecule has 2 heterocycles. The molecule has 5 rings (SSSR count). The van der Waals surface area contributed by atoms with Crippen molar-refractivity contribution >= 4 is 37.5 Å². The second-order valence-corrected chi connectivity index (χ2v) is 12.6. The van der Waals surface area contributed by atoms with Crippen molar-refractivity contribution in [3.05, 3.63) is 119 Å². The first-order chi connectivity index (χ1) is 20.8. The van der Waals surface area contributed by atoms with Crippen molar-refractivity contribution in [2.24, 2.45) is 0 Å². The second kappa shape index (κ2) is 14.1. The van der Waals surface area contributed by atoms with Crippen LogP contribution in [-0.2, 0) is 16.6 Å². The average Bonchev–Trinajstić information content (AvgIpc) is 3.02. The summed E-state index contributed by atoms with van der Waals surface area (Å²) in [5.41, 5.74) is 1.37. The fourth-order valence-corrected chi connectivity index (χ4v) is 6.13. The highest BCUT2D eigenvalue weighted by atomic mass is 79.9. The van der Waals surface area contributed by atoms with Crippen LogP contribution in [-0.4, -0.2) is 68.4 Å². The van der Waals surface area contributed by atoms with Gasteiger partial charge < -0.3 is 10.2 Å². The van der Waals surface area contributed by atoms with Gasteiger partial charge >= 0.3 is 0 Å². The van der Waals surface area contributed by atoms with E-state index in [1.54, 1.807) is 24.3 Å². The summed E-state index contributed by atoms with van der Waals surface area (Å²) in [4.78, 5) is 27.5. The van der Waals surface area contributed by atoms with Crippen LogP contribution in [0.2, 0.25) is 0 Å². The Hall–Kier alpha value is -3.84. The lowest BCUT2D eigenvalue weighted by atomic mass is 10.2. The van der Waals surface area contributed by atoms with Crippen LogP contribution in [0, 0.1) is 5.82 Å². The number of hydrogen-bond acceptors (Lipinski definition) is 7. The predicted molar refractivity (Wildman–Crippen MR) is 166 cm³/mol. The molecule has 1 N–H and O–H groups in total. The number of anilines is 1. The van der Waals surface area contributed by atoms with E-state index >= 15 is 0 Å². The van der Waals surface area contributed by atoms with Crippen molar-refractivity contribution in [2.75, 3.05) is 43.7 Å². The Morgan fingerprint density at radius 3 is 2.33 bits per heavy atom. The van der Waals surface area contributed by atoms with E-state index in [2.05, 4.69) is 36.0 Å². The highest BCUT2D eigenvalue weighted by Crippen LogP contribution is 2.27. The SMILES string of the molecule is O=C(NCCN1CCN(Cc2ccccn2)CC1)c1ccc(S(=O)(=O)N(Oc2ccc(Br)cc2)c2cccc(F)c2)cc1. The van der Waals surface area contributed by atoms with Crippen LogP contribution in [0.25, 0.3) is 0 Å². The zero-order valence-corrected chi connectivity index (χ0v) is 25.7. The number of nitrogens with one attached hydrogen (secondary N) is 1. The standard InChI is InChI=1S/C31H31BrFN5O4S/c32-25-9-11-29(12-10-25)42-38(28-6-3-4-26(33)22-28)43(40,41)30-13-7-24(8-14-30)31(39)35-16-17-36-18-20-37(21-19-36)23-27-5-1-2-15-34-27/h1-15,22H,16-21,23H2,(H,35,39). The van der Waals surface area contributed by atoms with Gasteiger partial charge in [0.1, 0.15) is 5.82 Å². The molecule has 1 amide bonds. The summed E-state index contributed by atoms with van der Waals surface area (Å²) < 4.78 is 42.7. The molecule has 0 bridgehead atoms. The fraction of sp³-hybridized carbons (Fsp3) is 0.226. The summed E-state index contributed by atoms with van der Waals surface area (Å²) >= 11 is 3.33. The number of carbonyl (C=O) groups is 1. The maximum absolute atomic E-state index is 14.0. The molecule has 1 aliphatic heterocycles. The monoisotopic (exact) mass is 667 g/mol. The first-order valence-electron chi connectivity index (χ1n) is 13.8. The minimum absolute atomic E-state index is 0.0118. The van der Waals surface area contributed by atoms with Gasteiger partial charge in [-0.05, 0) is 72.8 Å². The minimum atomic E-state index is -4.29. The van der Waals surface area contributed by atoms with Crippen molar-refractivity contribution < 1.29 is 22.4 Å². The molecular weight excluding hydrogens is 637 g/mol. The Labute approximate surface area is 259 Å². The molecule has 9 nitrogen and oxygen atoms in total. The van der Waals surface area contributed by atoms with Gasteiger partial charge in [-0.1, -0.05) is 32.5 Å². The van der Waals surface area contributed by atoms with Gasteiger partial charge in [0.2, 0.25) is 0 Å². The van der Waals surface area contributed by atoms with E-state index in [4.69, 9.17) is 4.84 Å². The Balaban J connectivity index is 1.17. The highest BCUT2D eigenvalue weighted by Gasteiger charge is 2.28. The van der Waals surface area contributed by atoms with Gasteiger partial charge in [0.15, 0.2) is 5.75 Å². The number of nitrogens with zero attached hydrogens (tertiary/aromatic N) is 4. The molecule has 0 aliphatic carbocycles. The quantitative estimate of drug-likeness (QED) is 0.231. The van der Waals surface area contributed by atoms with Gasteiger partial charge in [0.25, 0.3) is 15.9 Å². The highest BCUT2D eigenvalue weighted by molar-refractivity contribution is 9.10. The first-order valence-corrected chi connectivity index (χ1v) is 16.0. The van der Waals surface area contributed by atoms with Crippen LogP contribution in [0.3, 0.4) is 0 Å². The molecule has 0 unspecified atom stereocenters. The van der Waals surface area contributed by atoms with E-state index in [9.17, 15) is 17.6 Å². The number of carbonyl (C=O) groups excluding carboxylic acids is 1. The van der Waals surface area contributed by atoms with Gasteiger partial charge in [-0.15, -0.1) is 0 Å². The minimum Gasteiger partial charge on any atom is -0.364 e. The number of piperazine rings is 1. The van der Waals surface area contributed by atoms with E-state index < -0.39 is 15.8 Å². The molecule has 12 heteroatoms. The summed E-state index contributed by atoms with van der Waals surface area (Å²) in [7, 11) is -4.29. The lowest BCUT2D eigenvalue weighted by molar-refractivity contribution is 0.0933. The third kappa shape index (κ3) is 8.17. The normalized spacial score (nSPS) is 14.3. The summed E-state index contributed by atoms with van der Waals surface area (Å²) in [5, 5.41) is 2.91. The first kappa shape index (κ1) is 30.6. The third-order valence-corrected chi connectivity index (χ3v) is 9.06. The molecule has 43 heavy (non-hydrogen) atoms. The van der Waals surface area contributed by atoms with Gasteiger partial charge in [-0.25, -0.2) is 4.39 Å². The topological polar surface area (TPSA) is 95.1 Å². The van der Waals surface area contributed by atoms with Gasteiger partial charge in [0.05, 0.1) is 16.3 Å². The molecule has 4 aromatic rings. The van der Waals surface area contributed by atoms with Crippen LogP contribution in [0.5, 0.6) is 5.75 Å². The number of hydrogen-bond donors (Lipinski definition) is 1. The van der Waals surface area contributed by atoms with Crippen LogP contribution >= 0.6 is 15.9 Å². The fourth-order valence-electron chi connectivity index (χ4n) is 4.62. The molecule has 1 saturated heterocycles. The average molecular weight is 669 g/mol. The molecular formula is C31H31BrFN5O4S. The molecule has 224 valence electrons. The molecule has 1 aromatic heterocycles. The number of benzene rings is 3. The summed E-state index contributed by atoms with van der Waals surface area (Å²) in [6.07, 6.45) is 1.81. The molecule has 0 spiro atoms. The lowest BCUT2D eigenvalue weighted by Gasteiger charge is -2.34. The largest absolute Gasteiger partial charge is 0.364 e. The third-order valence-electron chi connectivity index (χ3n) is 6.94. The second-order valence-electron chi connectivity index (χ2n) is 9.98. The Morgan fingerprint density at radius 2 is 1.65 bits per heavy atom. The van der Waals surface area contributed by atoms with E-state index in [1.807, 2.05) is 24.4 Å². The number of aromatic nitrogens is 1. The van der Waals surface area contributed by atoms with Crippen LogP contribution in [0.4, 0.5) is 10.1 Å². The predicted octanol–water partition coefficient (Wildman–Crippen LogP) is 4.72. The zero-order chi connectivity index (χ0) is 30.2. The molecule has 1 fully saturated rings. The Kier molecular flexibility index (Phi) is 10.0. The van der Waals surface area contributed by atoms with Crippen LogP contribution in [0.1, 0.15) is 16.1 Å². The van der Waals surface area contributed by atoms with Crippen molar-refractivity contribution in [1.82, 2.24) is 20.1 Å². The molecule has 1 aliphatic rings. The zero-order valence-electron chi connectivity index (χ0n) is 23.3. The van der Waals surface area contributed by atoms with E-state index in [0.29, 0.717) is 23.1 Å². The summed E-state index contributed by atoms with van der Waals surface area (Å²) in [5.74, 6) is -0.678. The van der Waals surface area contributed by atoms with Crippen LogP contribution < -0.4 is 14.6 Å². The molecule has 0 saturated carbocycles. The van der Waals surface area contributed by atoms with Gasteiger partial charge in [0, 0.05) is 68.1 Å². The van der Waals surface area contributed by atoms with E-state index in [0.717, 1.165) is 49.0 Å².